The molecule has 1 N–H and O–H groups in total. The summed E-state index contributed by atoms with van der Waals surface area (Å²) in [7, 11) is -1.85. The minimum absolute atomic E-state index is 0.0855. The number of ether oxygens (including phenoxy) is 1. The Morgan fingerprint density at radius 1 is 1.14 bits per heavy atom. The lowest BCUT2D eigenvalue weighted by Gasteiger charge is -2.17. The summed E-state index contributed by atoms with van der Waals surface area (Å²) in [5.41, 5.74) is -0.207. The number of benzene rings is 2. The normalized spacial score (nSPS) is 12.3. The third kappa shape index (κ3) is 7.32. The summed E-state index contributed by atoms with van der Waals surface area (Å²) < 4.78 is 82.5. The summed E-state index contributed by atoms with van der Waals surface area (Å²) >= 11 is 5.84. The molecule has 0 saturated heterocycles. The summed E-state index contributed by atoms with van der Waals surface area (Å²) in [6.07, 6.45) is -4.70. The summed E-state index contributed by atoms with van der Waals surface area (Å²) in [6, 6.07) is 12.2. The number of pyridine rings is 1. The van der Waals surface area contributed by atoms with Gasteiger partial charge in [-0.25, -0.2) is 17.8 Å². The average molecular weight is 560 g/mol. The van der Waals surface area contributed by atoms with Gasteiger partial charge < -0.3 is 10.1 Å². The van der Waals surface area contributed by atoms with Crippen LogP contribution in [-0.2, 0) is 35.0 Å². The molecule has 37 heavy (non-hydrogen) atoms. The molecule has 7 nitrogen and oxygen atoms in total. The molecule has 2 aromatic carbocycles. The first kappa shape index (κ1) is 28.2. The van der Waals surface area contributed by atoms with Gasteiger partial charge in [-0.3, -0.25) is 9.10 Å². The number of anilines is 1. The van der Waals surface area contributed by atoms with Crippen molar-refractivity contribution in [3.63, 3.8) is 0 Å². The number of carbonyl (C=O) groups excluding carboxylic acids is 1. The van der Waals surface area contributed by atoms with Crippen LogP contribution in [-0.4, -0.2) is 26.4 Å². The molecule has 1 unspecified atom stereocenters. The van der Waals surface area contributed by atoms with E-state index in [0.717, 1.165) is 22.5 Å². The molecule has 1 amide bonds. The van der Waals surface area contributed by atoms with Gasteiger partial charge in [-0.1, -0.05) is 29.8 Å². The van der Waals surface area contributed by atoms with Gasteiger partial charge in [0.05, 0.1) is 11.6 Å². The number of nitrogens with zero attached hydrogens (tertiary/aromatic N) is 2. The Kier molecular flexibility index (Phi) is 8.98. The Hall–Kier alpha value is -3.38. The van der Waals surface area contributed by atoms with Gasteiger partial charge in [0.15, 0.2) is 0 Å². The number of thiol groups is 1. The summed E-state index contributed by atoms with van der Waals surface area (Å²) in [5.74, 6) is -2.53. The van der Waals surface area contributed by atoms with Crippen molar-refractivity contribution in [1.82, 2.24) is 10.3 Å². The Bertz CT molecular complexity index is 1340. The summed E-state index contributed by atoms with van der Waals surface area (Å²) in [6.45, 7) is 1.21. The van der Waals surface area contributed by atoms with Gasteiger partial charge in [-0.15, -0.1) is 0 Å². The molecule has 1 aromatic heterocycles. The van der Waals surface area contributed by atoms with E-state index in [1.807, 2.05) is 0 Å². The second-order valence-corrected chi connectivity index (χ2v) is 9.50. The molecular formula is C24H22ClF4N3O4S. The van der Waals surface area contributed by atoms with Gasteiger partial charge in [0.2, 0.25) is 22.7 Å². The van der Waals surface area contributed by atoms with Crippen LogP contribution in [0.3, 0.4) is 0 Å². The van der Waals surface area contributed by atoms with E-state index in [2.05, 4.69) is 10.3 Å². The molecule has 3 rings (SSSR count). The highest BCUT2D eigenvalue weighted by Crippen LogP contribution is 2.31. The van der Waals surface area contributed by atoms with Crippen LogP contribution in [0.2, 0.25) is 5.02 Å². The fraction of sp³-hybridized carbons (Fsp3) is 0.250. The standard InChI is InChI=1S/C24H22ClF4N3O4S/c1-14(16-5-9-20(19(26)11-16)32(2)37(34)35)22(33)30-12-17-6-10-21(24(27,28)29)31-23(17)36-13-15-3-7-18(25)8-4-15/h3-11,14,37H,12-13H2,1-2H3,(H,30,33). The number of carbonyl (C=O) groups is 1. The van der Waals surface area contributed by atoms with Crippen LogP contribution in [0.4, 0.5) is 23.2 Å². The zero-order valence-corrected chi connectivity index (χ0v) is 21.2. The minimum atomic E-state index is -4.70. The Labute approximate surface area is 217 Å². The third-order valence-electron chi connectivity index (χ3n) is 5.43. The maximum absolute atomic E-state index is 14.4. The van der Waals surface area contributed by atoms with Crippen molar-refractivity contribution in [2.45, 2.75) is 32.2 Å². The van der Waals surface area contributed by atoms with Crippen molar-refractivity contribution in [3.8, 4) is 5.88 Å². The van der Waals surface area contributed by atoms with E-state index in [1.165, 1.54) is 26.1 Å². The molecule has 198 valence electrons. The van der Waals surface area contributed by atoms with E-state index in [-0.39, 0.29) is 35.8 Å². The molecule has 0 aliphatic heterocycles. The topological polar surface area (TPSA) is 88.6 Å². The lowest BCUT2D eigenvalue weighted by atomic mass is 9.99. The Morgan fingerprint density at radius 3 is 2.41 bits per heavy atom. The molecule has 1 atom stereocenters. The molecule has 0 aliphatic carbocycles. The summed E-state index contributed by atoms with van der Waals surface area (Å²) in [5, 5.41) is 3.08. The van der Waals surface area contributed by atoms with Crippen LogP contribution in [0, 0.1) is 5.82 Å². The second-order valence-electron chi connectivity index (χ2n) is 7.99. The van der Waals surface area contributed by atoms with Crippen molar-refractivity contribution in [3.05, 3.63) is 87.8 Å². The molecule has 3 aromatic rings. The smallest absolute Gasteiger partial charge is 0.433 e. The highest BCUT2D eigenvalue weighted by molar-refractivity contribution is 7.74. The number of alkyl halides is 3. The van der Waals surface area contributed by atoms with E-state index >= 15 is 0 Å². The molecule has 0 saturated carbocycles. The Morgan fingerprint density at radius 2 is 1.81 bits per heavy atom. The van der Waals surface area contributed by atoms with Gasteiger partial charge in [0, 0.05) is 24.2 Å². The molecular weight excluding hydrogens is 538 g/mol. The first-order valence-electron chi connectivity index (χ1n) is 10.8. The maximum atomic E-state index is 14.4. The van der Waals surface area contributed by atoms with E-state index < -0.39 is 40.4 Å². The molecule has 0 fully saturated rings. The third-order valence-corrected chi connectivity index (χ3v) is 6.39. The molecule has 1 heterocycles. The minimum Gasteiger partial charge on any atom is -0.473 e. The van der Waals surface area contributed by atoms with E-state index in [1.54, 1.807) is 24.3 Å². The van der Waals surface area contributed by atoms with E-state index in [9.17, 15) is 30.8 Å². The van der Waals surface area contributed by atoms with Crippen molar-refractivity contribution in [2.24, 2.45) is 0 Å². The predicted octanol–water partition coefficient (Wildman–Crippen LogP) is 4.85. The lowest BCUT2D eigenvalue weighted by Crippen LogP contribution is -2.28. The average Bonchev–Trinajstić information content (AvgIpc) is 2.85. The van der Waals surface area contributed by atoms with Crippen LogP contribution in [0.15, 0.2) is 54.6 Å². The number of hydrogen-bond donors (Lipinski definition) is 2. The number of amides is 1. The van der Waals surface area contributed by atoms with E-state index in [0.29, 0.717) is 10.6 Å². The van der Waals surface area contributed by atoms with Crippen molar-refractivity contribution in [1.29, 1.82) is 0 Å². The fourth-order valence-corrected chi connectivity index (χ4v) is 3.71. The van der Waals surface area contributed by atoms with Crippen LogP contribution in [0.5, 0.6) is 5.88 Å². The van der Waals surface area contributed by atoms with Gasteiger partial charge in [0.1, 0.15) is 18.1 Å². The molecule has 0 radical (unpaired) electrons. The largest absolute Gasteiger partial charge is 0.473 e. The van der Waals surface area contributed by atoms with Gasteiger partial charge >= 0.3 is 6.18 Å². The van der Waals surface area contributed by atoms with Crippen LogP contribution < -0.4 is 14.4 Å². The lowest BCUT2D eigenvalue weighted by molar-refractivity contribution is -0.141. The SMILES string of the molecule is CC(C(=O)NCc1ccc(C(F)(F)F)nc1OCc1ccc(Cl)cc1)c1ccc(N(C)[SH](=O)=O)c(F)c1. The highest BCUT2D eigenvalue weighted by atomic mass is 35.5. The fourth-order valence-electron chi connectivity index (χ4n) is 3.25. The van der Waals surface area contributed by atoms with Crippen LogP contribution in [0.1, 0.15) is 35.2 Å². The number of aromatic nitrogens is 1. The first-order valence-corrected chi connectivity index (χ1v) is 12.3. The number of halogens is 5. The number of rotatable bonds is 9. The summed E-state index contributed by atoms with van der Waals surface area (Å²) in [4.78, 5) is 16.3. The molecule has 0 aliphatic rings. The zero-order chi connectivity index (χ0) is 27.3. The zero-order valence-electron chi connectivity index (χ0n) is 19.6. The van der Waals surface area contributed by atoms with Gasteiger partial charge in [-0.2, -0.15) is 13.2 Å². The molecule has 0 bridgehead atoms. The van der Waals surface area contributed by atoms with E-state index in [4.69, 9.17) is 16.3 Å². The van der Waals surface area contributed by atoms with Gasteiger partial charge in [-0.05, 0) is 54.4 Å². The number of nitrogens with one attached hydrogen (secondary N) is 1. The second kappa shape index (κ2) is 11.8. The van der Waals surface area contributed by atoms with Crippen LogP contribution in [0.25, 0.3) is 0 Å². The maximum Gasteiger partial charge on any atom is 0.433 e. The monoisotopic (exact) mass is 559 g/mol. The van der Waals surface area contributed by atoms with Crippen molar-refractivity contribution >= 4 is 34.1 Å². The Balaban J connectivity index is 1.75. The van der Waals surface area contributed by atoms with Crippen LogP contribution >= 0.6 is 11.6 Å². The highest BCUT2D eigenvalue weighted by Gasteiger charge is 2.33. The predicted molar refractivity (Wildman–Crippen MR) is 130 cm³/mol. The van der Waals surface area contributed by atoms with Gasteiger partial charge in [0.25, 0.3) is 0 Å². The van der Waals surface area contributed by atoms with Crippen molar-refractivity contribution < 1.29 is 35.5 Å². The van der Waals surface area contributed by atoms with Crippen molar-refractivity contribution in [2.75, 3.05) is 11.4 Å². The molecule has 13 heteroatoms. The molecule has 0 spiro atoms. The first-order chi connectivity index (χ1) is 17.4. The number of hydrogen-bond acceptors (Lipinski definition) is 5. The quantitative estimate of drug-likeness (QED) is 0.289.